The molecular formula is C56H30F8N4. The summed E-state index contributed by atoms with van der Waals surface area (Å²) >= 11 is 0. The number of alkyl halides is 8. The number of aryl methyl sites for hydroxylation is 2. The molecule has 0 fully saturated rings. The van der Waals surface area contributed by atoms with Gasteiger partial charge in [0.15, 0.2) is 0 Å². The molecule has 12 heteroatoms. The van der Waals surface area contributed by atoms with E-state index in [1.165, 1.54) is 36.4 Å². The third-order valence-corrected chi connectivity index (χ3v) is 16.2. The molecule has 4 aliphatic carbocycles. The topological polar surface area (TPSA) is 56.4 Å². The Labute approximate surface area is 379 Å². The first-order valence-corrected chi connectivity index (χ1v) is 22.8. The summed E-state index contributed by atoms with van der Waals surface area (Å²) in [7, 11) is 0. The molecule has 4 nitrogen and oxygen atoms in total. The molecule has 0 spiro atoms. The highest BCUT2D eigenvalue weighted by molar-refractivity contribution is 6.45. The van der Waals surface area contributed by atoms with E-state index in [1.807, 2.05) is 0 Å². The van der Waals surface area contributed by atoms with Gasteiger partial charge >= 0.3 is 0 Å². The summed E-state index contributed by atoms with van der Waals surface area (Å²) in [6, 6.07) is 22.1. The Morgan fingerprint density at radius 1 is 0.368 bits per heavy atom. The summed E-state index contributed by atoms with van der Waals surface area (Å²) in [5.41, 5.74) is -0.317. The van der Waals surface area contributed by atoms with Crippen LogP contribution in [0.1, 0.15) is 104 Å². The quantitative estimate of drug-likeness (QED) is 0.142. The lowest BCUT2D eigenvalue weighted by Gasteiger charge is -2.33. The number of fused-ring (bicyclic) bond motifs is 22. The van der Waals surface area contributed by atoms with Gasteiger partial charge in [-0.3, -0.25) is 0 Å². The minimum absolute atomic E-state index is 0.198. The van der Waals surface area contributed by atoms with Gasteiger partial charge in [-0.05, 0) is 110 Å². The van der Waals surface area contributed by atoms with Crippen LogP contribution in [0, 0.1) is 22.7 Å². The Kier molecular flexibility index (Phi) is 6.81. The highest BCUT2D eigenvalue weighted by Gasteiger charge is 2.55. The molecular weight excluding hydrogens is 881 g/mol. The van der Waals surface area contributed by atoms with Gasteiger partial charge in [0.1, 0.15) is 0 Å². The van der Waals surface area contributed by atoms with Crippen molar-refractivity contribution in [2.45, 2.75) is 75.1 Å². The fourth-order valence-electron chi connectivity index (χ4n) is 13.5. The lowest BCUT2D eigenvalue weighted by molar-refractivity contribution is -0.0112. The van der Waals surface area contributed by atoms with Crippen LogP contribution in [0.2, 0.25) is 0 Å². The molecule has 4 aromatic heterocycles. The van der Waals surface area contributed by atoms with E-state index in [1.54, 1.807) is 20.9 Å². The third kappa shape index (κ3) is 4.14. The summed E-state index contributed by atoms with van der Waals surface area (Å²) in [6.07, 6.45) is 5.33. The maximum absolute atomic E-state index is 17.1. The predicted octanol–water partition coefficient (Wildman–Crippen LogP) is 14.7. The van der Waals surface area contributed by atoms with E-state index in [0.717, 1.165) is 84.3 Å². The molecule has 0 saturated heterocycles. The maximum atomic E-state index is 17.1. The van der Waals surface area contributed by atoms with Crippen LogP contribution in [0.15, 0.2) is 84.9 Å². The van der Waals surface area contributed by atoms with Crippen LogP contribution in [-0.2, 0) is 49.4 Å². The molecule has 330 valence electrons. The molecule has 7 aromatic carbocycles. The van der Waals surface area contributed by atoms with Gasteiger partial charge in [0.05, 0.1) is 56.4 Å². The van der Waals surface area contributed by atoms with E-state index < -0.39 is 68.2 Å². The van der Waals surface area contributed by atoms with Crippen molar-refractivity contribution in [2.24, 2.45) is 0 Å². The average Bonchev–Trinajstić information content (AvgIpc) is 4.07. The summed E-state index contributed by atoms with van der Waals surface area (Å²) in [6.45, 7) is 0. The Morgan fingerprint density at radius 3 is 1.03 bits per heavy atom. The zero-order chi connectivity index (χ0) is 46.3. The van der Waals surface area contributed by atoms with E-state index in [9.17, 15) is 10.5 Å². The monoisotopic (exact) mass is 910 g/mol. The first-order valence-electron chi connectivity index (χ1n) is 22.8. The van der Waals surface area contributed by atoms with E-state index in [-0.39, 0.29) is 21.8 Å². The summed E-state index contributed by atoms with van der Waals surface area (Å²) in [5, 5.41) is 25.2. The molecule has 0 saturated carbocycles. The first-order chi connectivity index (χ1) is 32.7. The molecule has 0 N–H and O–H groups in total. The Balaban J connectivity index is 1.26. The van der Waals surface area contributed by atoms with Crippen molar-refractivity contribution in [3.05, 3.63) is 163 Å². The van der Waals surface area contributed by atoms with E-state index in [2.05, 4.69) is 12.1 Å². The molecule has 0 amide bonds. The van der Waals surface area contributed by atoms with E-state index >= 15 is 35.1 Å². The van der Waals surface area contributed by atoms with Gasteiger partial charge in [-0.25, -0.2) is 0 Å². The minimum atomic E-state index is -3.85. The van der Waals surface area contributed by atoms with Crippen LogP contribution >= 0.6 is 0 Å². The van der Waals surface area contributed by atoms with Crippen molar-refractivity contribution in [2.75, 3.05) is 0 Å². The van der Waals surface area contributed by atoms with E-state index in [4.69, 9.17) is 0 Å². The van der Waals surface area contributed by atoms with Gasteiger partial charge in [-0.15, -0.1) is 0 Å². The lowest BCUT2D eigenvalue weighted by Crippen LogP contribution is -2.33. The molecule has 0 aliphatic heterocycles. The largest absolute Gasteiger partial charge is 0.308 e. The van der Waals surface area contributed by atoms with Crippen LogP contribution in [0.5, 0.6) is 0 Å². The van der Waals surface area contributed by atoms with Gasteiger partial charge in [0, 0.05) is 87.6 Å². The summed E-state index contributed by atoms with van der Waals surface area (Å²) < 4.78 is 140. The number of aromatic nitrogens is 2. The van der Waals surface area contributed by atoms with Crippen LogP contribution in [-0.4, -0.2) is 8.80 Å². The lowest BCUT2D eigenvalue weighted by atomic mass is 9.79. The maximum Gasteiger partial charge on any atom is 0.299 e. The van der Waals surface area contributed by atoms with Gasteiger partial charge < -0.3 is 8.80 Å². The molecule has 11 aromatic rings. The van der Waals surface area contributed by atoms with Crippen LogP contribution in [0.3, 0.4) is 0 Å². The van der Waals surface area contributed by atoms with Gasteiger partial charge in [-0.1, -0.05) is 48.5 Å². The van der Waals surface area contributed by atoms with Crippen LogP contribution < -0.4 is 0 Å². The number of halogens is 8. The molecule has 0 unspecified atom stereocenters. The highest BCUT2D eigenvalue weighted by Crippen LogP contribution is 2.60. The first kappa shape index (κ1) is 38.6. The van der Waals surface area contributed by atoms with Gasteiger partial charge in [-0.2, -0.15) is 45.6 Å². The summed E-state index contributed by atoms with van der Waals surface area (Å²) in [5.74, 6) is -15.4. The minimum Gasteiger partial charge on any atom is -0.308 e. The molecule has 68 heavy (non-hydrogen) atoms. The zero-order valence-corrected chi connectivity index (χ0v) is 35.6. The van der Waals surface area contributed by atoms with Crippen molar-refractivity contribution in [1.29, 1.82) is 10.5 Å². The fraction of sp³-hybridized carbons (Fsp3) is 0.214. The second kappa shape index (κ2) is 12.0. The number of nitriles is 2. The Bertz CT molecular complexity index is 4030. The zero-order valence-electron chi connectivity index (χ0n) is 35.6. The van der Waals surface area contributed by atoms with Crippen molar-refractivity contribution < 1.29 is 35.1 Å². The van der Waals surface area contributed by atoms with Crippen LogP contribution in [0.25, 0.3) is 76.2 Å². The normalized spacial score (nSPS) is 18.6. The second-order valence-corrected chi connectivity index (χ2v) is 19.3. The van der Waals surface area contributed by atoms with E-state index in [0.29, 0.717) is 91.2 Å². The molecule has 4 aliphatic rings. The molecule has 0 atom stereocenters. The van der Waals surface area contributed by atoms with Crippen LogP contribution in [0.4, 0.5) is 35.1 Å². The Morgan fingerprint density at radius 2 is 0.691 bits per heavy atom. The highest BCUT2D eigenvalue weighted by atomic mass is 19.3. The molecule has 0 bridgehead atoms. The summed E-state index contributed by atoms with van der Waals surface area (Å²) in [4.78, 5) is 0. The third-order valence-electron chi connectivity index (χ3n) is 16.2. The smallest absolute Gasteiger partial charge is 0.299 e. The number of hydrogen-bond acceptors (Lipinski definition) is 2. The molecule has 15 rings (SSSR count). The number of benzene rings is 7. The average molecular weight is 911 g/mol. The SMILES string of the molecule is N#Cc1cc2c(c3c1CCCC3)c1c3c4cc5c(cc4n4c6cc(C#N)c7c(c6c(c6c8cc9c(cc8n2c61)C(F)(F)c1ccccc1C9(F)F)c34)CCCC7)C(F)(F)c1ccccc1C5(F)F. The predicted molar refractivity (Wildman–Crippen MR) is 243 cm³/mol. The fourth-order valence-corrected chi connectivity index (χ4v) is 13.5. The second-order valence-electron chi connectivity index (χ2n) is 19.3. The van der Waals surface area contributed by atoms with Crippen molar-refractivity contribution in [3.8, 4) is 12.1 Å². The van der Waals surface area contributed by atoms with Gasteiger partial charge in [0.25, 0.3) is 23.7 Å². The molecule has 4 heterocycles. The standard InChI is InChI=1S/C56H30F8N4/c57-53(58)33-13-5-8-16-36(33)56(63,64)40-22-42-31(19-37(40)53)47-49-45-29-11-3-1-9-27(29)25(23-65)17-43(45)67-41-21-39-38(54(59,60)34-14-6-7-15-35(34)55(39,61)62)20-32(41)48(51(49)67)50-46-30-12-4-2-10-28(30)26(24-66)18-44(46)68(42)52(47)50/h5-8,13-22H,1-4,9-12H2. The molecule has 0 radical (unpaired) electrons. The van der Waals surface area contributed by atoms with Crippen molar-refractivity contribution in [1.82, 2.24) is 8.80 Å². The van der Waals surface area contributed by atoms with Crippen molar-refractivity contribution in [3.63, 3.8) is 0 Å². The number of hydrogen-bond donors (Lipinski definition) is 0. The Hall–Kier alpha value is -7.44. The number of rotatable bonds is 0. The van der Waals surface area contributed by atoms with Gasteiger partial charge in [0.2, 0.25) is 0 Å². The van der Waals surface area contributed by atoms with Crippen molar-refractivity contribution >= 4 is 76.2 Å². The number of nitrogens with zero attached hydrogens (tertiary/aromatic N) is 4.